The minimum atomic E-state index is -3.78. The third-order valence-electron chi connectivity index (χ3n) is 6.82. The van der Waals surface area contributed by atoms with Crippen molar-refractivity contribution >= 4 is 27.1 Å². The molecule has 0 bridgehead atoms. The van der Waals surface area contributed by atoms with Crippen molar-refractivity contribution in [2.24, 2.45) is 0 Å². The first-order chi connectivity index (χ1) is 15.9. The van der Waals surface area contributed by atoms with Crippen molar-refractivity contribution in [2.45, 2.75) is 55.2 Å². The lowest BCUT2D eigenvalue weighted by Crippen LogP contribution is -2.55. The molecule has 7 heteroatoms. The summed E-state index contributed by atoms with van der Waals surface area (Å²) in [5.41, 5.74) is 10.9. The summed E-state index contributed by atoms with van der Waals surface area (Å²) in [6.45, 7) is 0. The van der Waals surface area contributed by atoms with E-state index < -0.39 is 22.2 Å². The normalized spacial score (nSPS) is 22.8. The molecule has 0 aromatic heterocycles. The van der Waals surface area contributed by atoms with Crippen molar-refractivity contribution in [3.8, 4) is 0 Å². The van der Waals surface area contributed by atoms with Gasteiger partial charge in [-0.25, -0.2) is 13.1 Å². The molecule has 0 saturated heterocycles. The van der Waals surface area contributed by atoms with E-state index in [4.69, 9.17) is 5.73 Å². The average molecular weight is 464 g/mol. The first-order valence-corrected chi connectivity index (χ1v) is 12.9. The SMILES string of the molecule is Nc1ccc(S(=O)(=O)N[C@@H]2CCC[C@H](N3c4ccccc4CCc4ccccc43)[C@H]2O)cc1. The maximum absolute atomic E-state index is 13.0. The molecule has 1 saturated carbocycles. The Morgan fingerprint density at radius 2 is 1.42 bits per heavy atom. The van der Waals surface area contributed by atoms with Crippen molar-refractivity contribution in [3.63, 3.8) is 0 Å². The van der Waals surface area contributed by atoms with Crippen LogP contribution < -0.4 is 15.4 Å². The Bertz CT molecular complexity index is 1200. The highest BCUT2D eigenvalue weighted by atomic mass is 32.2. The lowest BCUT2D eigenvalue weighted by Gasteiger charge is -2.43. The van der Waals surface area contributed by atoms with Crippen molar-refractivity contribution in [2.75, 3.05) is 10.6 Å². The van der Waals surface area contributed by atoms with Gasteiger partial charge in [0.05, 0.1) is 23.1 Å². The van der Waals surface area contributed by atoms with E-state index in [1.54, 1.807) is 12.1 Å². The van der Waals surface area contributed by atoms with Crippen LogP contribution in [0.2, 0.25) is 0 Å². The zero-order chi connectivity index (χ0) is 23.0. The summed E-state index contributed by atoms with van der Waals surface area (Å²) in [5, 5.41) is 11.5. The molecule has 3 aromatic carbocycles. The minimum Gasteiger partial charge on any atom is -0.399 e. The Hall–Kier alpha value is -2.87. The van der Waals surface area contributed by atoms with Gasteiger partial charge >= 0.3 is 0 Å². The Labute approximate surface area is 195 Å². The number of hydrogen-bond donors (Lipinski definition) is 3. The van der Waals surface area contributed by atoms with E-state index in [2.05, 4.69) is 33.9 Å². The smallest absolute Gasteiger partial charge is 0.240 e. The summed E-state index contributed by atoms with van der Waals surface area (Å²) in [4.78, 5) is 2.39. The maximum atomic E-state index is 13.0. The topological polar surface area (TPSA) is 95.7 Å². The number of fused-ring (bicyclic) bond motifs is 2. The van der Waals surface area contributed by atoms with E-state index >= 15 is 0 Å². The number of sulfonamides is 1. The predicted octanol–water partition coefficient (Wildman–Crippen LogP) is 3.77. The van der Waals surface area contributed by atoms with Crippen LogP contribution in [-0.4, -0.2) is 31.7 Å². The molecule has 3 aromatic rings. The van der Waals surface area contributed by atoms with Crippen LogP contribution in [0.25, 0.3) is 0 Å². The van der Waals surface area contributed by atoms with Crippen LogP contribution in [0.1, 0.15) is 30.4 Å². The number of benzene rings is 3. The second-order valence-corrected chi connectivity index (χ2v) is 10.6. The van der Waals surface area contributed by atoms with Crippen molar-refractivity contribution in [3.05, 3.63) is 83.9 Å². The van der Waals surface area contributed by atoms with Crippen LogP contribution in [0.3, 0.4) is 0 Å². The standard InChI is InChI=1S/C26H29N3O3S/c27-20-14-16-21(17-15-20)33(31,32)28-22-8-5-11-25(26(22)30)29-23-9-3-1-6-18(23)12-13-19-7-2-4-10-24(19)29/h1-4,6-7,9-10,14-17,22,25-26,28,30H,5,8,11-13,27H2/t22-,25+,26+/m1/s1. The molecule has 0 unspecified atom stereocenters. The maximum Gasteiger partial charge on any atom is 0.240 e. The molecule has 1 aliphatic carbocycles. The fraction of sp³-hybridized carbons (Fsp3) is 0.308. The number of hydrogen-bond acceptors (Lipinski definition) is 5. The quantitative estimate of drug-likeness (QED) is 0.512. The fourth-order valence-electron chi connectivity index (χ4n) is 5.15. The van der Waals surface area contributed by atoms with Gasteiger partial charge in [0.2, 0.25) is 10.0 Å². The van der Waals surface area contributed by atoms with Gasteiger partial charge in [0.1, 0.15) is 0 Å². The highest BCUT2D eigenvalue weighted by molar-refractivity contribution is 7.89. The minimum absolute atomic E-state index is 0.150. The molecule has 0 amide bonds. The molecule has 1 fully saturated rings. The van der Waals surface area contributed by atoms with Gasteiger partial charge in [0.15, 0.2) is 0 Å². The molecule has 0 radical (unpaired) electrons. The van der Waals surface area contributed by atoms with Gasteiger partial charge in [-0.3, -0.25) is 0 Å². The molecular weight excluding hydrogens is 434 g/mol. The van der Waals surface area contributed by atoms with Crippen LogP contribution in [-0.2, 0) is 22.9 Å². The molecule has 172 valence electrons. The van der Waals surface area contributed by atoms with Gasteiger partial charge in [0, 0.05) is 17.1 Å². The second kappa shape index (κ2) is 8.82. The number of rotatable bonds is 4. The van der Waals surface area contributed by atoms with E-state index in [-0.39, 0.29) is 10.9 Å². The summed E-state index contributed by atoms with van der Waals surface area (Å²) in [6.07, 6.45) is 3.19. The van der Waals surface area contributed by atoms with Crippen molar-refractivity contribution in [1.82, 2.24) is 4.72 Å². The van der Waals surface area contributed by atoms with E-state index in [1.807, 2.05) is 24.3 Å². The molecule has 0 spiro atoms. The Kier molecular flexibility index (Phi) is 5.86. The van der Waals surface area contributed by atoms with Gasteiger partial charge in [-0.05, 0) is 79.6 Å². The van der Waals surface area contributed by atoms with E-state index in [1.165, 1.54) is 23.3 Å². The predicted molar refractivity (Wildman–Crippen MR) is 131 cm³/mol. The average Bonchev–Trinajstić information content (AvgIpc) is 2.98. The molecule has 4 N–H and O–H groups in total. The molecule has 5 rings (SSSR count). The highest BCUT2D eigenvalue weighted by Crippen LogP contribution is 2.41. The van der Waals surface area contributed by atoms with Gasteiger partial charge in [-0.2, -0.15) is 0 Å². The molecule has 3 atom stereocenters. The molecule has 6 nitrogen and oxygen atoms in total. The number of aryl methyl sites for hydroxylation is 2. The molecule has 33 heavy (non-hydrogen) atoms. The van der Waals surface area contributed by atoms with E-state index in [9.17, 15) is 13.5 Å². The van der Waals surface area contributed by atoms with Gasteiger partial charge in [0.25, 0.3) is 0 Å². The van der Waals surface area contributed by atoms with Gasteiger partial charge < -0.3 is 15.7 Å². The highest BCUT2D eigenvalue weighted by Gasteiger charge is 2.39. The number of nitrogen functional groups attached to an aromatic ring is 1. The molecule has 1 aliphatic heterocycles. The first-order valence-electron chi connectivity index (χ1n) is 11.4. The van der Waals surface area contributed by atoms with Crippen LogP contribution in [0.15, 0.2) is 77.7 Å². The Morgan fingerprint density at radius 1 is 0.848 bits per heavy atom. The van der Waals surface area contributed by atoms with Crippen LogP contribution >= 0.6 is 0 Å². The third-order valence-corrected chi connectivity index (χ3v) is 8.32. The molecule has 2 aliphatic rings. The largest absolute Gasteiger partial charge is 0.399 e. The number of nitrogens with two attached hydrogens (primary N) is 1. The number of nitrogens with zero attached hydrogens (tertiary/aromatic N) is 1. The number of aliphatic hydroxyl groups is 1. The first kappa shape index (κ1) is 21.9. The Morgan fingerprint density at radius 3 is 2.03 bits per heavy atom. The van der Waals surface area contributed by atoms with Gasteiger partial charge in [-0.15, -0.1) is 0 Å². The van der Waals surface area contributed by atoms with Crippen LogP contribution in [0.5, 0.6) is 0 Å². The summed E-state index contributed by atoms with van der Waals surface area (Å²) in [5.74, 6) is 0. The van der Waals surface area contributed by atoms with E-state index in [0.717, 1.165) is 37.1 Å². The lowest BCUT2D eigenvalue weighted by atomic mass is 9.86. The van der Waals surface area contributed by atoms with E-state index in [0.29, 0.717) is 12.1 Å². The van der Waals surface area contributed by atoms with Crippen LogP contribution in [0.4, 0.5) is 17.1 Å². The van der Waals surface area contributed by atoms with Crippen molar-refractivity contribution in [1.29, 1.82) is 0 Å². The fourth-order valence-corrected chi connectivity index (χ4v) is 6.44. The molecule has 1 heterocycles. The number of anilines is 3. The van der Waals surface area contributed by atoms with Gasteiger partial charge in [-0.1, -0.05) is 36.4 Å². The second-order valence-electron chi connectivity index (χ2n) is 8.91. The summed E-state index contributed by atoms with van der Waals surface area (Å²) in [6, 6.07) is 22.0. The monoisotopic (exact) mass is 463 g/mol. The Balaban J connectivity index is 1.48. The summed E-state index contributed by atoms with van der Waals surface area (Å²) >= 11 is 0. The lowest BCUT2D eigenvalue weighted by molar-refractivity contribution is 0.0812. The zero-order valence-corrected chi connectivity index (χ0v) is 19.2. The zero-order valence-electron chi connectivity index (χ0n) is 18.4. The summed E-state index contributed by atoms with van der Waals surface area (Å²) in [7, 11) is -3.78. The number of para-hydroxylation sites is 2. The third kappa shape index (κ3) is 4.24. The number of nitrogens with one attached hydrogen (secondary N) is 1. The van der Waals surface area contributed by atoms with Crippen molar-refractivity contribution < 1.29 is 13.5 Å². The summed E-state index contributed by atoms with van der Waals surface area (Å²) < 4.78 is 28.8. The van der Waals surface area contributed by atoms with Crippen LogP contribution in [0, 0.1) is 0 Å². The number of aliphatic hydroxyl groups excluding tert-OH is 1. The molecular formula is C26H29N3O3S.